The van der Waals surface area contributed by atoms with Crippen LogP contribution in [0.1, 0.15) is 59.3 Å². The van der Waals surface area contributed by atoms with Crippen molar-refractivity contribution < 1.29 is 9.90 Å². The first-order chi connectivity index (χ1) is 8.22. The van der Waals surface area contributed by atoms with E-state index in [4.69, 9.17) is 5.73 Å². The highest BCUT2D eigenvalue weighted by Crippen LogP contribution is 2.29. The lowest BCUT2D eigenvalue weighted by molar-refractivity contribution is -0.123. The smallest absolute Gasteiger partial charge is 0.221 e. The zero-order chi connectivity index (χ0) is 13.8. The molecule has 106 valence electrons. The molecule has 4 heteroatoms. The van der Waals surface area contributed by atoms with Gasteiger partial charge in [-0.05, 0) is 32.1 Å². The van der Waals surface area contributed by atoms with Crippen molar-refractivity contribution in [2.45, 2.75) is 70.4 Å². The lowest BCUT2D eigenvalue weighted by Gasteiger charge is -2.27. The number of nitrogens with one attached hydrogen (secondary N) is 1. The maximum Gasteiger partial charge on any atom is 0.221 e. The number of hydrogen-bond acceptors (Lipinski definition) is 3. The fourth-order valence-corrected chi connectivity index (χ4v) is 2.88. The highest BCUT2D eigenvalue weighted by atomic mass is 16.3. The first kappa shape index (κ1) is 15.4. The van der Waals surface area contributed by atoms with Gasteiger partial charge in [-0.3, -0.25) is 4.79 Å². The van der Waals surface area contributed by atoms with Gasteiger partial charge in [0, 0.05) is 18.5 Å². The van der Waals surface area contributed by atoms with Crippen molar-refractivity contribution in [3.8, 4) is 0 Å². The van der Waals surface area contributed by atoms with E-state index in [2.05, 4.69) is 19.2 Å². The van der Waals surface area contributed by atoms with Crippen molar-refractivity contribution in [2.75, 3.05) is 6.54 Å². The summed E-state index contributed by atoms with van der Waals surface area (Å²) in [6, 6.07) is 0. The normalized spacial score (nSPS) is 21.9. The standard InChI is InChI=1S/C14H28N2O2/c1-11(2)8-13(3,18)10-16-12(17)9-14(15)6-4-5-7-14/h11,18H,4-10,15H2,1-3H3,(H,16,17). The van der Waals surface area contributed by atoms with Crippen molar-refractivity contribution in [1.82, 2.24) is 5.32 Å². The molecule has 0 aromatic carbocycles. The highest BCUT2D eigenvalue weighted by Gasteiger charge is 2.32. The first-order valence-electron chi connectivity index (χ1n) is 7.00. The number of nitrogens with two attached hydrogens (primary N) is 1. The van der Waals surface area contributed by atoms with Crippen LogP contribution >= 0.6 is 0 Å². The summed E-state index contributed by atoms with van der Waals surface area (Å²) in [7, 11) is 0. The van der Waals surface area contributed by atoms with E-state index in [0.717, 1.165) is 25.7 Å². The average Bonchev–Trinajstić information content (AvgIpc) is 2.60. The van der Waals surface area contributed by atoms with E-state index in [1.807, 2.05) is 0 Å². The maximum absolute atomic E-state index is 11.8. The molecule has 1 aliphatic carbocycles. The molecule has 0 aromatic heterocycles. The molecule has 0 heterocycles. The van der Waals surface area contributed by atoms with Crippen LogP contribution in [0.4, 0.5) is 0 Å². The van der Waals surface area contributed by atoms with Crippen LogP contribution < -0.4 is 11.1 Å². The third-order valence-electron chi connectivity index (χ3n) is 3.63. The van der Waals surface area contributed by atoms with Gasteiger partial charge in [-0.1, -0.05) is 26.7 Å². The van der Waals surface area contributed by atoms with E-state index >= 15 is 0 Å². The number of carbonyl (C=O) groups excluding carboxylic acids is 1. The fourth-order valence-electron chi connectivity index (χ4n) is 2.88. The summed E-state index contributed by atoms with van der Waals surface area (Å²) in [4.78, 5) is 11.8. The van der Waals surface area contributed by atoms with Gasteiger partial charge in [0.05, 0.1) is 5.60 Å². The van der Waals surface area contributed by atoms with E-state index in [0.29, 0.717) is 25.3 Å². The molecule has 4 N–H and O–H groups in total. The quantitative estimate of drug-likeness (QED) is 0.675. The van der Waals surface area contributed by atoms with Crippen molar-refractivity contribution in [3.05, 3.63) is 0 Å². The summed E-state index contributed by atoms with van der Waals surface area (Å²) in [5, 5.41) is 12.9. The Labute approximate surface area is 110 Å². The molecule has 4 nitrogen and oxygen atoms in total. The topological polar surface area (TPSA) is 75.3 Å². The van der Waals surface area contributed by atoms with E-state index in [-0.39, 0.29) is 11.4 Å². The van der Waals surface area contributed by atoms with Crippen molar-refractivity contribution in [1.29, 1.82) is 0 Å². The molecule has 1 aliphatic rings. The zero-order valence-electron chi connectivity index (χ0n) is 12.0. The molecule has 0 bridgehead atoms. The van der Waals surface area contributed by atoms with Gasteiger partial charge in [0.2, 0.25) is 5.91 Å². The van der Waals surface area contributed by atoms with Gasteiger partial charge < -0.3 is 16.2 Å². The van der Waals surface area contributed by atoms with Gasteiger partial charge >= 0.3 is 0 Å². The second-order valence-corrected chi connectivity index (χ2v) is 6.62. The van der Waals surface area contributed by atoms with Crippen molar-refractivity contribution in [2.24, 2.45) is 11.7 Å². The minimum atomic E-state index is -0.832. The summed E-state index contributed by atoms with van der Waals surface area (Å²) in [5.74, 6) is 0.371. The molecule has 0 spiro atoms. The third-order valence-corrected chi connectivity index (χ3v) is 3.63. The molecule has 0 aliphatic heterocycles. The molecule has 0 aromatic rings. The monoisotopic (exact) mass is 256 g/mol. The molecule has 1 rings (SSSR count). The molecular weight excluding hydrogens is 228 g/mol. The molecule has 0 saturated heterocycles. The fraction of sp³-hybridized carbons (Fsp3) is 0.929. The van der Waals surface area contributed by atoms with Crippen molar-refractivity contribution in [3.63, 3.8) is 0 Å². The van der Waals surface area contributed by atoms with Gasteiger partial charge in [-0.25, -0.2) is 0 Å². The molecule has 1 atom stereocenters. The Morgan fingerprint density at radius 3 is 2.50 bits per heavy atom. The number of amides is 1. The van der Waals surface area contributed by atoms with Crippen LogP contribution in [0.5, 0.6) is 0 Å². The van der Waals surface area contributed by atoms with Crippen LogP contribution in [-0.4, -0.2) is 28.7 Å². The number of rotatable bonds is 6. The van der Waals surface area contributed by atoms with E-state index in [9.17, 15) is 9.90 Å². The van der Waals surface area contributed by atoms with Gasteiger partial charge in [0.25, 0.3) is 0 Å². The molecule has 0 radical (unpaired) electrons. The Kier molecular flexibility index (Phi) is 5.17. The molecule has 1 amide bonds. The number of carbonyl (C=O) groups is 1. The van der Waals surface area contributed by atoms with Gasteiger partial charge in [0.15, 0.2) is 0 Å². The average molecular weight is 256 g/mol. The van der Waals surface area contributed by atoms with Crippen LogP contribution in [-0.2, 0) is 4.79 Å². The molecular formula is C14H28N2O2. The Bertz CT molecular complexity index is 282. The lowest BCUT2D eigenvalue weighted by Crippen LogP contribution is -2.46. The Morgan fingerprint density at radius 2 is 2.00 bits per heavy atom. The van der Waals surface area contributed by atoms with E-state index in [1.54, 1.807) is 6.92 Å². The first-order valence-corrected chi connectivity index (χ1v) is 7.00. The Hall–Kier alpha value is -0.610. The summed E-state index contributed by atoms with van der Waals surface area (Å²) in [6.45, 7) is 6.19. The predicted octanol–water partition coefficient (Wildman–Crippen LogP) is 1.56. The van der Waals surface area contributed by atoms with Crippen LogP contribution in [0.2, 0.25) is 0 Å². The minimum Gasteiger partial charge on any atom is -0.388 e. The van der Waals surface area contributed by atoms with Crippen molar-refractivity contribution >= 4 is 5.91 Å². The van der Waals surface area contributed by atoms with Gasteiger partial charge in [0.1, 0.15) is 0 Å². The maximum atomic E-state index is 11.8. The molecule has 1 saturated carbocycles. The number of aliphatic hydroxyl groups is 1. The zero-order valence-corrected chi connectivity index (χ0v) is 12.0. The van der Waals surface area contributed by atoms with Gasteiger partial charge in [-0.2, -0.15) is 0 Å². The molecule has 1 fully saturated rings. The summed E-state index contributed by atoms with van der Waals surface area (Å²) < 4.78 is 0. The van der Waals surface area contributed by atoms with Crippen LogP contribution in [0.15, 0.2) is 0 Å². The summed E-state index contributed by atoms with van der Waals surface area (Å²) in [6.07, 6.45) is 5.17. The largest absolute Gasteiger partial charge is 0.388 e. The van der Waals surface area contributed by atoms with Crippen LogP contribution in [0.3, 0.4) is 0 Å². The van der Waals surface area contributed by atoms with E-state index < -0.39 is 5.60 Å². The van der Waals surface area contributed by atoms with E-state index in [1.165, 1.54) is 0 Å². The third kappa shape index (κ3) is 5.36. The minimum absolute atomic E-state index is 0.0385. The second kappa shape index (κ2) is 6.02. The molecule has 18 heavy (non-hydrogen) atoms. The Morgan fingerprint density at radius 1 is 1.44 bits per heavy atom. The number of hydrogen-bond donors (Lipinski definition) is 3. The lowest BCUT2D eigenvalue weighted by atomic mass is 9.92. The predicted molar refractivity (Wildman–Crippen MR) is 73.1 cm³/mol. The SMILES string of the molecule is CC(C)CC(C)(O)CNC(=O)CC1(N)CCCC1. The van der Waals surface area contributed by atoms with Crippen LogP contribution in [0, 0.1) is 5.92 Å². The molecule has 1 unspecified atom stereocenters. The van der Waals surface area contributed by atoms with Gasteiger partial charge in [-0.15, -0.1) is 0 Å². The second-order valence-electron chi connectivity index (χ2n) is 6.62. The Balaban J connectivity index is 2.32. The highest BCUT2D eigenvalue weighted by molar-refractivity contribution is 5.77. The summed E-state index contributed by atoms with van der Waals surface area (Å²) in [5.41, 5.74) is 5.01. The summed E-state index contributed by atoms with van der Waals surface area (Å²) >= 11 is 0. The van der Waals surface area contributed by atoms with Crippen LogP contribution in [0.25, 0.3) is 0 Å².